The summed E-state index contributed by atoms with van der Waals surface area (Å²) < 4.78 is 2.81. The fraction of sp³-hybridized carbons (Fsp3) is 0.200. The number of rotatable bonds is 8. The minimum absolute atomic E-state index is 0.137. The highest BCUT2D eigenvalue weighted by Gasteiger charge is 2.15. The van der Waals surface area contributed by atoms with Crippen LogP contribution in [-0.4, -0.2) is 32.3 Å². The maximum Gasteiger partial charge on any atom is 0.253 e. The van der Waals surface area contributed by atoms with Crippen LogP contribution in [0.25, 0.3) is 0 Å². The van der Waals surface area contributed by atoms with Crippen molar-refractivity contribution >= 4 is 56.8 Å². The number of amides is 2. The number of benzene rings is 2. The van der Waals surface area contributed by atoms with Crippen LogP contribution in [0, 0.1) is 0 Å². The molecule has 0 aliphatic heterocycles. The van der Waals surface area contributed by atoms with Gasteiger partial charge in [0.2, 0.25) is 5.91 Å². The van der Waals surface area contributed by atoms with Crippen molar-refractivity contribution in [1.82, 2.24) is 20.1 Å². The molecule has 0 saturated carbocycles. The Bertz CT molecular complexity index is 1040. The van der Waals surface area contributed by atoms with E-state index in [4.69, 9.17) is 11.6 Å². The van der Waals surface area contributed by atoms with Crippen LogP contribution in [0.4, 0.5) is 5.69 Å². The average Bonchev–Trinajstić information content (AvgIpc) is 3.14. The van der Waals surface area contributed by atoms with Crippen LogP contribution in [0.5, 0.6) is 0 Å². The van der Waals surface area contributed by atoms with E-state index in [0.29, 0.717) is 28.1 Å². The Morgan fingerprint density at radius 3 is 2.57 bits per heavy atom. The lowest BCUT2D eigenvalue weighted by molar-refractivity contribution is -0.113. The Morgan fingerprint density at radius 2 is 1.87 bits per heavy atom. The van der Waals surface area contributed by atoms with Gasteiger partial charge in [-0.25, -0.2) is 0 Å². The van der Waals surface area contributed by atoms with E-state index < -0.39 is 0 Å². The third-order valence-electron chi connectivity index (χ3n) is 4.10. The molecule has 7 nitrogen and oxygen atoms in total. The van der Waals surface area contributed by atoms with E-state index in [-0.39, 0.29) is 24.1 Å². The number of hydrogen-bond acceptors (Lipinski definition) is 5. The van der Waals surface area contributed by atoms with E-state index in [0.717, 1.165) is 10.2 Å². The molecule has 0 aliphatic carbocycles. The molecule has 0 saturated heterocycles. The van der Waals surface area contributed by atoms with Crippen molar-refractivity contribution in [2.45, 2.75) is 25.2 Å². The van der Waals surface area contributed by atoms with E-state index in [2.05, 4.69) is 36.8 Å². The van der Waals surface area contributed by atoms with Crippen molar-refractivity contribution in [1.29, 1.82) is 0 Å². The topological polar surface area (TPSA) is 88.9 Å². The molecular weight excluding hydrogens is 490 g/mol. The van der Waals surface area contributed by atoms with Gasteiger partial charge in [0.25, 0.3) is 5.91 Å². The van der Waals surface area contributed by atoms with Gasteiger partial charge in [-0.2, -0.15) is 0 Å². The molecule has 3 rings (SSSR count). The molecule has 2 aromatic carbocycles. The van der Waals surface area contributed by atoms with Crippen LogP contribution in [0.2, 0.25) is 5.02 Å². The third-order valence-corrected chi connectivity index (χ3v) is 5.92. The smallest absolute Gasteiger partial charge is 0.253 e. The summed E-state index contributed by atoms with van der Waals surface area (Å²) in [5.74, 6) is 0.379. The van der Waals surface area contributed by atoms with Crippen molar-refractivity contribution < 1.29 is 9.59 Å². The minimum atomic E-state index is -0.283. The number of hydrogen-bond donors (Lipinski definition) is 2. The van der Waals surface area contributed by atoms with Gasteiger partial charge in [-0.15, -0.1) is 10.2 Å². The van der Waals surface area contributed by atoms with E-state index in [9.17, 15) is 9.59 Å². The van der Waals surface area contributed by atoms with Gasteiger partial charge >= 0.3 is 0 Å². The quantitative estimate of drug-likeness (QED) is 0.441. The normalized spacial score (nSPS) is 10.6. The zero-order valence-electron chi connectivity index (χ0n) is 16.1. The first-order valence-electron chi connectivity index (χ1n) is 9.11. The van der Waals surface area contributed by atoms with E-state index in [1.165, 1.54) is 11.8 Å². The van der Waals surface area contributed by atoms with Crippen LogP contribution < -0.4 is 10.6 Å². The van der Waals surface area contributed by atoms with Crippen molar-refractivity contribution in [2.75, 3.05) is 11.1 Å². The molecule has 1 heterocycles. The molecular formula is C20H19BrClN5O2S. The zero-order valence-corrected chi connectivity index (χ0v) is 19.2. The summed E-state index contributed by atoms with van der Waals surface area (Å²) in [6.45, 7) is 2.77. The molecule has 1 aromatic heterocycles. The summed E-state index contributed by atoms with van der Waals surface area (Å²) in [6, 6.07) is 14.2. The molecule has 2 amide bonds. The second-order valence-corrected chi connectivity index (χ2v) is 8.41. The summed E-state index contributed by atoms with van der Waals surface area (Å²) in [5.41, 5.74) is 1.13. The standard InChI is InChI=1S/C20H19BrClN5O2S/c1-2-27-17(11-23-19(29)15-5-3-4-6-16(15)22)25-26-20(27)30-12-18(28)24-14-9-7-13(21)8-10-14/h3-10H,2,11-12H2,1H3,(H,23,29)(H,24,28). The van der Waals surface area contributed by atoms with Gasteiger partial charge in [0.15, 0.2) is 11.0 Å². The molecule has 0 radical (unpaired) electrons. The first-order chi connectivity index (χ1) is 14.5. The molecule has 0 aliphatic rings. The Labute approximate surface area is 191 Å². The van der Waals surface area contributed by atoms with Crippen molar-refractivity contribution in [2.24, 2.45) is 0 Å². The van der Waals surface area contributed by atoms with Gasteiger partial charge in [0.1, 0.15) is 0 Å². The Morgan fingerprint density at radius 1 is 1.13 bits per heavy atom. The fourth-order valence-corrected chi connectivity index (χ4v) is 3.94. The second kappa shape index (κ2) is 10.6. The predicted octanol–water partition coefficient (Wildman–Crippen LogP) is 4.37. The van der Waals surface area contributed by atoms with Gasteiger partial charge < -0.3 is 15.2 Å². The number of anilines is 1. The van der Waals surface area contributed by atoms with Gasteiger partial charge in [-0.3, -0.25) is 9.59 Å². The number of aromatic nitrogens is 3. The van der Waals surface area contributed by atoms with Crippen molar-refractivity contribution in [3.8, 4) is 0 Å². The highest BCUT2D eigenvalue weighted by atomic mass is 79.9. The number of nitrogens with zero attached hydrogens (tertiary/aromatic N) is 3. The molecule has 0 fully saturated rings. The number of halogens is 2. The molecule has 156 valence electrons. The van der Waals surface area contributed by atoms with Crippen molar-refractivity contribution in [3.05, 3.63) is 69.4 Å². The Balaban J connectivity index is 1.57. The fourth-order valence-electron chi connectivity index (χ4n) is 2.63. The Kier molecular flexibility index (Phi) is 7.89. The summed E-state index contributed by atoms with van der Waals surface area (Å²) >= 11 is 10.7. The average molecular weight is 509 g/mol. The molecule has 0 bridgehead atoms. The maximum absolute atomic E-state index is 12.3. The molecule has 0 atom stereocenters. The number of carbonyl (C=O) groups excluding carboxylic acids is 2. The van der Waals surface area contributed by atoms with E-state index >= 15 is 0 Å². The highest BCUT2D eigenvalue weighted by Crippen LogP contribution is 2.19. The molecule has 10 heteroatoms. The van der Waals surface area contributed by atoms with E-state index in [1.807, 2.05) is 35.8 Å². The largest absolute Gasteiger partial charge is 0.345 e. The number of nitrogens with one attached hydrogen (secondary N) is 2. The van der Waals surface area contributed by atoms with E-state index in [1.54, 1.807) is 24.3 Å². The lowest BCUT2D eigenvalue weighted by atomic mass is 10.2. The number of carbonyl (C=O) groups is 2. The van der Waals surface area contributed by atoms with Gasteiger partial charge in [0, 0.05) is 16.7 Å². The summed E-state index contributed by atoms with van der Waals surface area (Å²) in [7, 11) is 0. The second-order valence-electron chi connectivity index (χ2n) is 6.15. The molecule has 3 aromatic rings. The van der Waals surface area contributed by atoms with Crippen molar-refractivity contribution in [3.63, 3.8) is 0 Å². The maximum atomic E-state index is 12.3. The SMILES string of the molecule is CCn1c(CNC(=O)c2ccccc2Cl)nnc1SCC(=O)Nc1ccc(Br)cc1. The van der Waals surface area contributed by atoms with Gasteiger partial charge in [-0.05, 0) is 43.3 Å². The molecule has 2 N–H and O–H groups in total. The lowest BCUT2D eigenvalue weighted by Crippen LogP contribution is -2.25. The predicted molar refractivity (Wildman–Crippen MR) is 122 cm³/mol. The van der Waals surface area contributed by atoms with Gasteiger partial charge in [0.05, 0.1) is 22.9 Å². The van der Waals surface area contributed by atoms with Crippen LogP contribution in [0.15, 0.2) is 58.2 Å². The molecule has 0 unspecified atom stereocenters. The Hall–Kier alpha value is -2.36. The van der Waals surface area contributed by atoms with Crippen LogP contribution in [0.3, 0.4) is 0 Å². The lowest BCUT2D eigenvalue weighted by Gasteiger charge is -2.09. The zero-order chi connectivity index (χ0) is 21.5. The first-order valence-corrected chi connectivity index (χ1v) is 11.3. The van der Waals surface area contributed by atoms with Gasteiger partial charge in [-0.1, -0.05) is 51.4 Å². The van der Waals surface area contributed by atoms with Crippen LogP contribution in [0.1, 0.15) is 23.1 Å². The monoisotopic (exact) mass is 507 g/mol. The molecule has 30 heavy (non-hydrogen) atoms. The molecule has 0 spiro atoms. The summed E-state index contributed by atoms with van der Waals surface area (Å²) in [4.78, 5) is 24.6. The first kappa shape index (κ1) is 22.3. The van der Waals surface area contributed by atoms with Crippen LogP contribution >= 0.6 is 39.3 Å². The summed E-state index contributed by atoms with van der Waals surface area (Å²) in [6.07, 6.45) is 0. The minimum Gasteiger partial charge on any atom is -0.345 e. The summed E-state index contributed by atoms with van der Waals surface area (Å²) in [5, 5.41) is 15.0. The van der Waals surface area contributed by atoms with Crippen LogP contribution in [-0.2, 0) is 17.9 Å². The number of thioether (sulfide) groups is 1. The third kappa shape index (κ3) is 5.84. The highest BCUT2D eigenvalue weighted by molar-refractivity contribution is 9.10.